The Labute approximate surface area is 177 Å². The summed E-state index contributed by atoms with van der Waals surface area (Å²) in [7, 11) is 1.59. The number of carbonyl (C=O) groups excluding carboxylic acids is 2. The van der Waals surface area contributed by atoms with Crippen molar-refractivity contribution in [1.29, 1.82) is 0 Å². The van der Waals surface area contributed by atoms with Crippen molar-refractivity contribution in [2.45, 2.75) is 33.4 Å². The number of hydrogen-bond acceptors (Lipinski definition) is 5. The minimum Gasteiger partial charge on any atom is -0.493 e. The number of para-hydroxylation sites is 2. The minimum absolute atomic E-state index is 0.0362. The minimum atomic E-state index is -0.627. The third kappa shape index (κ3) is 4.50. The summed E-state index contributed by atoms with van der Waals surface area (Å²) >= 11 is 0. The highest BCUT2D eigenvalue weighted by Crippen LogP contribution is 2.33. The van der Waals surface area contributed by atoms with Crippen LogP contribution < -0.4 is 19.1 Å². The number of hydrogen-bond donors (Lipinski definition) is 0. The molecule has 160 valence electrons. The number of benzene rings is 2. The molecule has 0 saturated heterocycles. The quantitative estimate of drug-likeness (QED) is 0.666. The van der Waals surface area contributed by atoms with E-state index in [1.165, 1.54) is 4.90 Å². The molecule has 2 aromatic rings. The Hall–Kier alpha value is -3.22. The van der Waals surface area contributed by atoms with E-state index in [0.717, 1.165) is 5.56 Å². The molecule has 0 spiro atoms. The van der Waals surface area contributed by atoms with Crippen molar-refractivity contribution < 1.29 is 23.8 Å². The van der Waals surface area contributed by atoms with Crippen molar-refractivity contribution in [2.24, 2.45) is 0 Å². The van der Waals surface area contributed by atoms with E-state index in [-0.39, 0.29) is 18.4 Å². The van der Waals surface area contributed by atoms with Gasteiger partial charge in [0.05, 0.1) is 19.4 Å². The number of rotatable bonds is 8. The lowest BCUT2D eigenvalue weighted by Crippen LogP contribution is -2.49. The smallest absolute Gasteiger partial charge is 0.268 e. The Balaban J connectivity index is 1.76. The summed E-state index contributed by atoms with van der Waals surface area (Å²) in [6.07, 6.45) is -0.627. The maximum Gasteiger partial charge on any atom is 0.268 e. The summed E-state index contributed by atoms with van der Waals surface area (Å²) < 4.78 is 16.6. The van der Waals surface area contributed by atoms with E-state index in [4.69, 9.17) is 14.2 Å². The number of fused-ring (bicyclic) bond motifs is 1. The zero-order valence-electron chi connectivity index (χ0n) is 17.9. The molecule has 3 rings (SSSR count). The molecule has 0 N–H and O–H groups in total. The van der Waals surface area contributed by atoms with Gasteiger partial charge in [-0.1, -0.05) is 18.2 Å². The highest BCUT2D eigenvalue weighted by atomic mass is 16.5. The fourth-order valence-electron chi connectivity index (χ4n) is 3.44. The summed E-state index contributed by atoms with van der Waals surface area (Å²) in [4.78, 5) is 29.0. The van der Waals surface area contributed by atoms with Crippen molar-refractivity contribution in [3.05, 3.63) is 48.0 Å². The second kappa shape index (κ2) is 9.52. The van der Waals surface area contributed by atoms with Crippen LogP contribution in [-0.2, 0) is 16.1 Å². The second-order valence-corrected chi connectivity index (χ2v) is 6.98. The van der Waals surface area contributed by atoms with Crippen molar-refractivity contribution in [3.8, 4) is 17.2 Å². The normalized spacial score (nSPS) is 15.3. The van der Waals surface area contributed by atoms with Crippen LogP contribution in [0.4, 0.5) is 5.69 Å². The van der Waals surface area contributed by atoms with E-state index in [2.05, 4.69) is 0 Å². The topological polar surface area (TPSA) is 68.3 Å². The van der Waals surface area contributed by atoms with Gasteiger partial charge in [-0.25, -0.2) is 0 Å². The molecule has 30 heavy (non-hydrogen) atoms. The lowest BCUT2D eigenvalue weighted by Gasteiger charge is -2.34. The molecule has 7 heteroatoms. The predicted molar refractivity (Wildman–Crippen MR) is 114 cm³/mol. The molecule has 0 bridgehead atoms. The summed E-state index contributed by atoms with van der Waals surface area (Å²) in [5.74, 6) is 1.55. The van der Waals surface area contributed by atoms with Gasteiger partial charge >= 0.3 is 0 Å². The standard InChI is InChI=1S/C23H28N2O5/c1-5-24(14-17-11-12-20(29-6-2)21(13-17)28-4)22(26)15-25-18-9-7-8-10-19(18)30-16(3)23(25)27/h7-13,16H,5-6,14-15H2,1-4H3. The molecule has 0 fully saturated rings. The van der Waals surface area contributed by atoms with E-state index in [1.54, 1.807) is 31.1 Å². The van der Waals surface area contributed by atoms with Crippen LogP contribution in [0.3, 0.4) is 0 Å². The maximum absolute atomic E-state index is 13.1. The van der Waals surface area contributed by atoms with Gasteiger partial charge in [0.1, 0.15) is 12.3 Å². The SMILES string of the molecule is CCOc1ccc(CN(CC)C(=O)CN2C(=O)C(C)Oc3ccccc32)cc1OC. The summed E-state index contributed by atoms with van der Waals surface area (Å²) in [6, 6.07) is 12.9. The van der Waals surface area contributed by atoms with Crippen LogP contribution in [0, 0.1) is 0 Å². The number of carbonyl (C=O) groups is 2. The van der Waals surface area contributed by atoms with Gasteiger partial charge in [0.15, 0.2) is 17.6 Å². The number of likely N-dealkylation sites (N-methyl/N-ethyl adjacent to an activating group) is 1. The van der Waals surface area contributed by atoms with Crippen LogP contribution in [0.25, 0.3) is 0 Å². The van der Waals surface area contributed by atoms with Gasteiger partial charge < -0.3 is 19.1 Å². The molecule has 2 aromatic carbocycles. The lowest BCUT2D eigenvalue weighted by molar-refractivity contribution is -0.133. The molecule has 1 aliphatic rings. The molecule has 0 aliphatic carbocycles. The van der Waals surface area contributed by atoms with Crippen molar-refractivity contribution in [2.75, 3.05) is 31.7 Å². The first kappa shape index (κ1) is 21.5. The van der Waals surface area contributed by atoms with Gasteiger partial charge in [0.2, 0.25) is 5.91 Å². The number of anilines is 1. The Kier molecular flexibility index (Phi) is 6.82. The zero-order valence-corrected chi connectivity index (χ0v) is 17.9. The predicted octanol–water partition coefficient (Wildman–Crippen LogP) is 3.26. The van der Waals surface area contributed by atoms with E-state index in [9.17, 15) is 9.59 Å². The third-order valence-corrected chi connectivity index (χ3v) is 5.00. The van der Waals surface area contributed by atoms with Crippen LogP contribution in [0.2, 0.25) is 0 Å². The Morgan fingerprint density at radius 2 is 1.93 bits per heavy atom. The fraction of sp³-hybridized carbons (Fsp3) is 0.391. The molecule has 0 radical (unpaired) electrons. The van der Waals surface area contributed by atoms with Crippen LogP contribution in [0.5, 0.6) is 17.2 Å². The van der Waals surface area contributed by atoms with E-state index < -0.39 is 6.10 Å². The van der Waals surface area contributed by atoms with Crippen molar-refractivity contribution in [1.82, 2.24) is 4.90 Å². The molecule has 2 amide bonds. The summed E-state index contributed by atoms with van der Waals surface area (Å²) in [6.45, 7) is 6.96. The Morgan fingerprint density at radius 3 is 2.63 bits per heavy atom. The highest BCUT2D eigenvalue weighted by Gasteiger charge is 2.33. The lowest BCUT2D eigenvalue weighted by atomic mass is 10.1. The van der Waals surface area contributed by atoms with Gasteiger partial charge in [-0.3, -0.25) is 14.5 Å². The Morgan fingerprint density at radius 1 is 1.17 bits per heavy atom. The van der Waals surface area contributed by atoms with Gasteiger partial charge in [-0.05, 0) is 50.6 Å². The molecule has 7 nitrogen and oxygen atoms in total. The third-order valence-electron chi connectivity index (χ3n) is 5.00. The number of nitrogens with zero attached hydrogens (tertiary/aromatic N) is 2. The van der Waals surface area contributed by atoms with E-state index in [1.807, 2.05) is 44.2 Å². The van der Waals surface area contributed by atoms with Crippen LogP contribution in [-0.4, -0.2) is 49.6 Å². The number of methoxy groups -OCH3 is 1. The molecular formula is C23H28N2O5. The first-order chi connectivity index (χ1) is 14.5. The van der Waals surface area contributed by atoms with Gasteiger partial charge in [0, 0.05) is 13.1 Å². The Bertz CT molecular complexity index is 914. The summed E-state index contributed by atoms with van der Waals surface area (Å²) in [5.41, 5.74) is 1.54. The highest BCUT2D eigenvalue weighted by molar-refractivity contribution is 6.03. The van der Waals surface area contributed by atoms with Gasteiger partial charge in [-0.15, -0.1) is 0 Å². The molecule has 1 atom stereocenters. The molecule has 0 aromatic heterocycles. The number of ether oxygens (including phenoxy) is 3. The van der Waals surface area contributed by atoms with Gasteiger partial charge in [-0.2, -0.15) is 0 Å². The molecule has 1 unspecified atom stereocenters. The van der Waals surface area contributed by atoms with Crippen molar-refractivity contribution >= 4 is 17.5 Å². The number of amides is 2. The monoisotopic (exact) mass is 412 g/mol. The van der Waals surface area contributed by atoms with Crippen LogP contribution in [0.1, 0.15) is 26.3 Å². The van der Waals surface area contributed by atoms with E-state index in [0.29, 0.717) is 42.6 Å². The maximum atomic E-state index is 13.1. The largest absolute Gasteiger partial charge is 0.493 e. The fourth-order valence-corrected chi connectivity index (χ4v) is 3.44. The molecule has 1 aliphatic heterocycles. The first-order valence-corrected chi connectivity index (χ1v) is 10.1. The van der Waals surface area contributed by atoms with Crippen LogP contribution >= 0.6 is 0 Å². The second-order valence-electron chi connectivity index (χ2n) is 6.98. The average Bonchev–Trinajstić information content (AvgIpc) is 2.76. The average molecular weight is 412 g/mol. The van der Waals surface area contributed by atoms with Gasteiger partial charge in [0.25, 0.3) is 5.91 Å². The zero-order chi connectivity index (χ0) is 21.7. The van der Waals surface area contributed by atoms with E-state index >= 15 is 0 Å². The summed E-state index contributed by atoms with van der Waals surface area (Å²) in [5, 5.41) is 0. The van der Waals surface area contributed by atoms with Crippen LogP contribution in [0.15, 0.2) is 42.5 Å². The molecule has 0 saturated carbocycles. The molecular weight excluding hydrogens is 384 g/mol. The molecule has 1 heterocycles. The van der Waals surface area contributed by atoms with Crippen molar-refractivity contribution in [3.63, 3.8) is 0 Å². The first-order valence-electron chi connectivity index (χ1n) is 10.1.